The summed E-state index contributed by atoms with van der Waals surface area (Å²) < 4.78 is 5.66. The largest absolute Gasteiger partial charge is 0.487 e. The lowest BCUT2D eigenvalue weighted by Gasteiger charge is -2.09. The molecule has 0 radical (unpaired) electrons. The number of nitrogens with zero attached hydrogens (tertiary/aromatic N) is 1. The second-order valence-corrected chi connectivity index (χ2v) is 4.65. The van der Waals surface area contributed by atoms with Crippen LogP contribution in [0.15, 0.2) is 36.5 Å². The molecule has 1 amide bonds. The predicted molar refractivity (Wildman–Crippen MR) is 76.4 cm³/mol. The lowest BCUT2D eigenvalue weighted by atomic mass is 10.2. The lowest BCUT2D eigenvalue weighted by Crippen LogP contribution is -2.30. The highest BCUT2D eigenvalue weighted by molar-refractivity contribution is 6.30. The number of nitrogens with one attached hydrogen (secondary N) is 1. The van der Waals surface area contributed by atoms with Gasteiger partial charge in [-0.15, -0.1) is 0 Å². The summed E-state index contributed by atoms with van der Waals surface area (Å²) in [5.74, 6) is 5.38. The zero-order chi connectivity index (χ0) is 14.5. The van der Waals surface area contributed by atoms with Crippen molar-refractivity contribution in [1.29, 1.82) is 0 Å². The molecule has 0 aliphatic rings. The quantitative estimate of drug-likeness (QED) is 0.514. The van der Waals surface area contributed by atoms with Crippen molar-refractivity contribution in [3.63, 3.8) is 0 Å². The second-order valence-electron chi connectivity index (χ2n) is 4.21. The van der Waals surface area contributed by atoms with E-state index in [0.717, 1.165) is 5.56 Å². The van der Waals surface area contributed by atoms with Crippen LogP contribution >= 0.6 is 11.6 Å². The molecule has 0 saturated heterocycles. The van der Waals surface area contributed by atoms with Gasteiger partial charge in [-0.3, -0.25) is 15.2 Å². The van der Waals surface area contributed by atoms with Crippen molar-refractivity contribution in [2.75, 3.05) is 0 Å². The van der Waals surface area contributed by atoms with E-state index in [2.05, 4.69) is 4.98 Å². The van der Waals surface area contributed by atoms with Crippen molar-refractivity contribution >= 4 is 17.5 Å². The molecule has 2 rings (SSSR count). The number of carbonyl (C=O) groups excluding carboxylic acids is 1. The third kappa shape index (κ3) is 3.46. The minimum atomic E-state index is -0.379. The number of rotatable bonds is 4. The topological polar surface area (TPSA) is 77.2 Å². The van der Waals surface area contributed by atoms with Gasteiger partial charge in [-0.05, 0) is 36.8 Å². The molecule has 104 valence electrons. The zero-order valence-corrected chi connectivity index (χ0v) is 11.6. The van der Waals surface area contributed by atoms with Crippen LogP contribution in [0.25, 0.3) is 0 Å². The van der Waals surface area contributed by atoms with Crippen LogP contribution < -0.4 is 16.0 Å². The first-order chi connectivity index (χ1) is 9.60. The van der Waals surface area contributed by atoms with Gasteiger partial charge in [-0.25, -0.2) is 5.84 Å². The summed E-state index contributed by atoms with van der Waals surface area (Å²) in [7, 11) is 0. The van der Waals surface area contributed by atoms with E-state index >= 15 is 0 Å². The lowest BCUT2D eigenvalue weighted by molar-refractivity contribution is 0.0953. The van der Waals surface area contributed by atoms with Crippen LogP contribution in [0.2, 0.25) is 5.02 Å². The number of carbonyl (C=O) groups is 1. The van der Waals surface area contributed by atoms with E-state index in [1.54, 1.807) is 18.2 Å². The van der Waals surface area contributed by atoms with E-state index in [0.29, 0.717) is 28.6 Å². The van der Waals surface area contributed by atoms with E-state index in [1.807, 2.05) is 24.5 Å². The van der Waals surface area contributed by atoms with Gasteiger partial charge in [0.05, 0.1) is 11.3 Å². The van der Waals surface area contributed by atoms with Gasteiger partial charge in [0.15, 0.2) is 0 Å². The third-order valence-electron chi connectivity index (χ3n) is 2.74. The van der Waals surface area contributed by atoms with Crippen molar-refractivity contribution in [2.45, 2.75) is 13.5 Å². The summed E-state index contributed by atoms with van der Waals surface area (Å²) in [5, 5.41) is 0.619. The van der Waals surface area contributed by atoms with Crippen LogP contribution in [-0.4, -0.2) is 10.9 Å². The molecule has 1 heterocycles. The van der Waals surface area contributed by atoms with Gasteiger partial charge in [-0.1, -0.05) is 17.7 Å². The number of hydrogen-bond donors (Lipinski definition) is 2. The average molecular weight is 292 g/mol. The molecule has 1 aromatic carbocycles. The van der Waals surface area contributed by atoms with Crippen LogP contribution in [0, 0.1) is 6.92 Å². The SMILES string of the molecule is Cc1ccc(Cl)cc1OCc1ccc(C(=O)NN)cn1. The molecule has 0 spiro atoms. The highest BCUT2D eigenvalue weighted by atomic mass is 35.5. The second kappa shape index (κ2) is 6.36. The van der Waals surface area contributed by atoms with Gasteiger partial charge in [-0.2, -0.15) is 0 Å². The molecular formula is C14H14ClN3O2. The van der Waals surface area contributed by atoms with Crippen LogP contribution in [0.1, 0.15) is 21.6 Å². The van der Waals surface area contributed by atoms with E-state index in [-0.39, 0.29) is 5.91 Å². The number of aromatic nitrogens is 1. The molecule has 0 atom stereocenters. The highest BCUT2D eigenvalue weighted by Crippen LogP contribution is 2.23. The van der Waals surface area contributed by atoms with Gasteiger partial charge >= 0.3 is 0 Å². The highest BCUT2D eigenvalue weighted by Gasteiger charge is 2.05. The van der Waals surface area contributed by atoms with Crippen LogP contribution in [-0.2, 0) is 6.61 Å². The number of ether oxygens (including phenoxy) is 1. The zero-order valence-electron chi connectivity index (χ0n) is 10.9. The van der Waals surface area contributed by atoms with Gasteiger partial charge in [0, 0.05) is 11.2 Å². The summed E-state index contributed by atoms with van der Waals surface area (Å²) in [5.41, 5.74) is 4.15. The van der Waals surface area contributed by atoms with Crippen molar-refractivity contribution in [2.24, 2.45) is 5.84 Å². The number of halogens is 1. The van der Waals surface area contributed by atoms with Gasteiger partial charge in [0.25, 0.3) is 5.91 Å². The molecule has 0 aliphatic heterocycles. The maximum atomic E-state index is 11.3. The minimum absolute atomic E-state index is 0.297. The number of hydrogen-bond acceptors (Lipinski definition) is 4. The monoisotopic (exact) mass is 291 g/mol. The molecule has 0 bridgehead atoms. The molecule has 6 heteroatoms. The molecule has 20 heavy (non-hydrogen) atoms. The summed E-state index contributed by atoms with van der Waals surface area (Å²) in [4.78, 5) is 15.4. The summed E-state index contributed by atoms with van der Waals surface area (Å²) in [6, 6.07) is 8.80. The van der Waals surface area contributed by atoms with Gasteiger partial charge in [0.1, 0.15) is 12.4 Å². The first-order valence-corrected chi connectivity index (χ1v) is 6.33. The first-order valence-electron chi connectivity index (χ1n) is 5.95. The third-order valence-corrected chi connectivity index (χ3v) is 2.98. The van der Waals surface area contributed by atoms with E-state index in [1.165, 1.54) is 6.20 Å². The molecule has 3 N–H and O–H groups in total. The fourth-order valence-corrected chi connectivity index (χ4v) is 1.77. The van der Waals surface area contributed by atoms with E-state index < -0.39 is 0 Å². The molecule has 2 aromatic rings. The number of pyridine rings is 1. The average Bonchev–Trinajstić information content (AvgIpc) is 2.48. The number of amides is 1. The number of aryl methyl sites for hydroxylation is 1. The van der Waals surface area contributed by atoms with Crippen molar-refractivity contribution < 1.29 is 9.53 Å². The number of benzene rings is 1. The molecule has 0 unspecified atom stereocenters. The van der Waals surface area contributed by atoms with Crippen LogP contribution in [0.5, 0.6) is 5.75 Å². The van der Waals surface area contributed by atoms with E-state index in [9.17, 15) is 4.79 Å². The summed E-state index contributed by atoms with van der Waals surface area (Å²) >= 11 is 5.92. The molecule has 5 nitrogen and oxygen atoms in total. The maximum absolute atomic E-state index is 11.3. The standard InChI is InChI=1S/C14H14ClN3O2/c1-9-2-4-11(15)6-13(9)20-8-12-5-3-10(7-17-12)14(19)18-16/h2-7H,8,16H2,1H3,(H,18,19). The predicted octanol–water partition coefficient (Wildman–Crippen LogP) is 2.23. The van der Waals surface area contributed by atoms with Gasteiger partial charge < -0.3 is 4.74 Å². The Hall–Kier alpha value is -2.11. The maximum Gasteiger partial charge on any atom is 0.266 e. The Kier molecular flexibility index (Phi) is 4.55. The fourth-order valence-electron chi connectivity index (χ4n) is 1.61. The molecular weight excluding hydrogens is 278 g/mol. The van der Waals surface area contributed by atoms with Crippen LogP contribution in [0.4, 0.5) is 0 Å². The Labute approximate surface area is 121 Å². The minimum Gasteiger partial charge on any atom is -0.487 e. The van der Waals surface area contributed by atoms with Gasteiger partial charge in [0.2, 0.25) is 0 Å². The number of hydrazine groups is 1. The molecule has 0 fully saturated rings. The Bertz CT molecular complexity index is 614. The number of nitrogens with two attached hydrogens (primary N) is 1. The normalized spacial score (nSPS) is 10.2. The molecule has 1 aromatic heterocycles. The van der Waals surface area contributed by atoms with Crippen molar-refractivity contribution in [1.82, 2.24) is 10.4 Å². The Morgan fingerprint density at radius 1 is 1.40 bits per heavy atom. The van der Waals surface area contributed by atoms with Crippen molar-refractivity contribution in [3.05, 3.63) is 58.4 Å². The smallest absolute Gasteiger partial charge is 0.266 e. The Balaban J connectivity index is 2.04. The Morgan fingerprint density at radius 3 is 2.85 bits per heavy atom. The summed E-state index contributed by atoms with van der Waals surface area (Å²) in [6.45, 7) is 2.24. The number of nitrogen functional groups attached to an aromatic ring is 1. The summed E-state index contributed by atoms with van der Waals surface area (Å²) in [6.07, 6.45) is 1.45. The molecule has 0 saturated carbocycles. The Morgan fingerprint density at radius 2 is 2.20 bits per heavy atom. The fraction of sp³-hybridized carbons (Fsp3) is 0.143. The first kappa shape index (κ1) is 14.3. The molecule has 0 aliphatic carbocycles. The van der Waals surface area contributed by atoms with E-state index in [4.69, 9.17) is 22.2 Å². The van der Waals surface area contributed by atoms with Crippen LogP contribution in [0.3, 0.4) is 0 Å². The van der Waals surface area contributed by atoms with Crippen molar-refractivity contribution in [3.8, 4) is 5.75 Å².